The fourth-order valence-corrected chi connectivity index (χ4v) is 5.63. The molecule has 0 unspecified atom stereocenters. The molecule has 0 bridgehead atoms. The fourth-order valence-electron chi connectivity index (χ4n) is 5.51. The van der Waals surface area contributed by atoms with E-state index in [0.29, 0.717) is 34.6 Å². The van der Waals surface area contributed by atoms with Gasteiger partial charge in [-0.3, -0.25) is 19.2 Å². The zero-order valence-corrected chi connectivity index (χ0v) is 29.2. The summed E-state index contributed by atoms with van der Waals surface area (Å²) in [4.78, 5) is 56.2. The number of rotatable bonds is 10. The topological polar surface area (TPSA) is 135 Å². The summed E-state index contributed by atoms with van der Waals surface area (Å²) < 4.78 is 18.0. The molecule has 0 aromatic heterocycles. The van der Waals surface area contributed by atoms with Crippen molar-refractivity contribution in [3.8, 4) is 23.0 Å². The van der Waals surface area contributed by atoms with E-state index in [0.717, 1.165) is 5.56 Å². The maximum atomic E-state index is 13.8. The van der Waals surface area contributed by atoms with E-state index in [1.54, 1.807) is 78.6 Å². The molecule has 5 rings (SSSR count). The molecule has 11 nitrogen and oxygen atoms in total. The molecule has 0 spiro atoms. The minimum Gasteiger partial charge on any atom is -0.491 e. The quantitative estimate of drug-likeness (QED) is 0.207. The summed E-state index contributed by atoms with van der Waals surface area (Å²) in [6.07, 6.45) is -0.178. The third-order valence-electron chi connectivity index (χ3n) is 8.14. The Balaban J connectivity index is 1.32. The highest BCUT2D eigenvalue weighted by Gasteiger charge is 2.31. The van der Waals surface area contributed by atoms with E-state index in [1.807, 2.05) is 43.3 Å². The Kier molecular flexibility index (Phi) is 12.9. The van der Waals surface area contributed by atoms with Gasteiger partial charge in [0, 0.05) is 18.0 Å². The zero-order chi connectivity index (χ0) is 36.2. The third-order valence-corrected chi connectivity index (χ3v) is 8.39. The predicted molar refractivity (Wildman–Crippen MR) is 193 cm³/mol. The summed E-state index contributed by atoms with van der Waals surface area (Å²) in [6.45, 7) is 4.38. The van der Waals surface area contributed by atoms with Crippen LogP contribution in [0.1, 0.15) is 36.2 Å². The van der Waals surface area contributed by atoms with Crippen LogP contribution >= 0.6 is 11.6 Å². The molecule has 0 saturated carbocycles. The first-order valence-electron chi connectivity index (χ1n) is 16.8. The number of nitrogens with zero attached hydrogens (tertiary/aromatic N) is 1. The number of nitrogens with one attached hydrogen (secondary N) is 3. The standard InChI is InChI=1S/C39H41ClN4O7/c1-3-44-21-22-49-33-14-8-7-13-30(33)37(46)43-31(24-36(45)42-32(39(44)48)23-27-11-5-4-6-12-27)38(47)41-26(2)25-50-34-15-9-10-16-35(34)51-29-19-17-28(40)18-20-29/h4-20,26,31-32H,3,21-25H2,1-2H3,(H,41,47)(H,42,45)(H,43,46)/t26-,31+,32+/m1/s1. The minimum atomic E-state index is -1.29. The van der Waals surface area contributed by atoms with Crippen LogP contribution < -0.4 is 30.2 Å². The van der Waals surface area contributed by atoms with Crippen molar-refractivity contribution in [3.63, 3.8) is 0 Å². The molecule has 1 aliphatic heterocycles. The van der Waals surface area contributed by atoms with Crippen LogP contribution in [0.2, 0.25) is 5.02 Å². The van der Waals surface area contributed by atoms with Crippen LogP contribution in [0.25, 0.3) is 0 Å². The SMILES string of the molecule is CCN1CCOc2ccccc2C(=O)N[C@H](C(=O)N[C@H](C)COc2ccccc2Oc2ccc(Cl)cc2)CC(=O)N[C@@H](Cc2ccccc2)C1=O. The Hall–Kier alpha value is -5.55. The van der Waals surface area contributed by atoms with Gasteiger partial charge in [0.05, 0.1) is 24.6 Å². The summed E-state index contributed by atoms with van der Waals surface area (Å²) >= 11 is 6.00. The van der Waals surface area contributed by atoms with Crippen LogP contribution in [-0.4, -0.2) is 73.0 Å². The first-order chi connectivity index (χ1) is 24.7. The molecule has 1 aliphatic rings. The van der Waals surface area contributed by atoms with E-state index in [-0.39, 0.29) is 37.6 Å². The zero-order valence-electron chi connectivity index (χ0n) is 28.5. The second kappa shape index (κ2) is 17.9. The van der Waals surface area contributed by atoms with Gasteiger partial charge in [-0.05, 0) is 67.9 Å². The summed E-state index contributed by atoms with van der Waals surface area (Å²) in [7, 11) is 0. The van der Waals surface area contributed by atoms with Crippen molar-refractivity contribution in [1.82, 2.24) is 20.9 Å². The molecule has 4 aromatic carbocycles. The van der Waals surface area contributed by atoms with Crippen LogP contribution in [0, 0.1) is 0 Å². The molecule has 12 heteroatoms. The number of carbonyl (C=O) groups is 4. The summed E-state index contributed by atoms with van der Waals surface area (Å²) in [5, 5.41) is 8.98. The highest BCUT2D eigenvalue weighted by atomic mass is 35.5. The van der Waals surface area contributed by atoms with Crippen molar-refractivity contribution in [2.75, 3.05) is 26.3 Å². The highest BCUT2D eigenvalue weighted by molar-refractivity contribution is 6.30. The monoisotopic (exact) mass is 712 g/mol. The predicted octanol–water partition coefficient (Wildman–Crippen LogP) is 5.17. The van der Waals surface area contributed by atoms with Gasteiger partial charge in [-0.25, -0.2) is 0 Å². The molecule has 0 saturated heterocycles. The van der Waals surface area contributed by atoms with Crippen LogP contribution in [0.3, 0.4) is 0 Å². The lowest BCUT2D eigenvalue weighted by Gasteiger charge is -2.28. The largest absolute Gasteiger partial charge is 0.491 e. The molecule has 3 N–H and O–H groups in total. The van der Waals surface area contributed by atoms with E-state index in [4.69, 9.17) is 25.8 Å². The fraction of sp³-hybridized carbons (Fsp3) is 0.282. The van der Waals surface area contributed by atoms with E-state index < -0.39 is 42.3 Å². The normalized spacial score (nSPS) is 17.5. The lowest BCUT2D eigenvalue weighted by molar-refractivity contribution is -0.137. The number of fused-ring (bicyclic) bond motifs is 1. The Morgan fingerprint density at radius 1 is 0.922 bits per heavy atom. The minimum absolute atomic E-state index is 0.0524. The lowest BCUT2D eigenvalue weighted by atomic mass is 10.0. The number of hydrogen-bond donors (Lipinski definition) is 3. The Bertz CT molecular complexity index is 1810. The summed E-state index contributed by atoms with van der Waals surface area (Å²) in [6, 6.07) is 27.3. The molecular weight excluding hydrogens is 672 g/mol. The van der Waals surface area contributed by atoms with Gasteiger partial charge in [-0.1, -0.05) is 66.2 Å². The molecule has 4 amide bonds. The molecule has 4 aromatic rings. The Labute approximate surface area is 302 Å². The molecule has 51 heavy (non-hydrogen) atoms. The van der Waals surface area contributed by atoms with Crippen molar-refractivity contribution in [3.05, 3.63) is 119 Å². The second-order valence-electron chi connectivity index (χ2n) is 12.0. The van der Waals surface area contributed by atoms with E-state index in [1.165, 1.54) is 0 Å². The van der Waals surface area contributed by atoms with Gasteiger partial charge < -0.3 is 35.1 Å². The maximum Gasteiger partial charge on any atom is 0.255 e. The second-order valence-corrected chi connectivity index (χ2v) is 12.5. The number of carbonyl (C=O) groups excluding carboxylic acids is 4. The van der Waals surface area contributed by atoms with Crippen LogP contribution in [0.4, 0.5) is 0 Å². The number of likely N-dealkylation sites (N-methyl/N-ethyl adjacent to an activating group) is 1. The van der Waals surface area contributed by atoms with Gasteiger partial charge in [-0.2, -0.15) is 0 Å². The molecule has 0 fully saturated rings. The smallest absolute Gasteiger partial charge is 0.255 e. The Morgan fingerprint density at radius 2 is 1.61 bits per heavy atom. The van der Waals surface area contributed by atoms with Crippen molar-refractivity contribution < 1.29 is 33.4 Å². The number of para-hydroxylation sites is 3. The van der Waals surface area contributed by atoms with Crippen LogP contribution in [0.5, 0.6) is 23.0 Å². The molecular formula is C39H41ClN4O7. The van der Waals surface area contributed by atoms with Crippen molar-refractivity contribution >= 4 is 35.2 Å². The number of benzene rings is 4. The summed E-state index contributed by atoms with van der Waals surface area (Å²) in [5.74, 6) is -0.257. The maximum absolute atomic E-state index is 13.8. The third kappa shape index (κ3) is 10.5. The number of hydrogen-bond acceptors (Lipinski definition) is 7. The molecule has 3 atom stereocenters. The van der Waals surface area contributed by atoms with Crippen molar-refractivity contribution in [2.24, 2.45) is 0 Å². The Morgan fingerprint density at radius 3 is 2.35 bits per heavy atom. The molecule has 0 aliphatic carbocycles. The van der Waals surface area contributed by atoms with E-state index in [2.05, 4.69) is 16.0 Å². The summed E-state index contributed by atoms with van der Waals surface area (Å²) in [5.41, 5.74) is 1.05. The van der Waals surface area contributed by atoms with E-state index in [9.17, 15) is 19.2 Å². The average molecular weight is 713 g/mol. The van der Waals surface area contributed by atoms with Crippen molar-refractivity contribution in [1.29, 1.82) is 0 Å². The molecule has 0 radical (unpaired) electrons. The number of amides is 4. The lowest BCUT2D eigenvalue weighted by Crippen LogP contribution is -2.54. The van der Waals surface area contributed by atoms with Gasteiger partial charge in [0.1, 0.15) is 36.8 Å². The van der Waals surface area contributed by atoms with Gasteiger partial charge in [0.2, 0.25) is 17.7 Å². The van der Waals surface area contributed by atoms with Gasteiger partial charge >= 0.3 is 0 Å². The van der Waals surface area contributed by atoms with Crippen LogP contribution in [0.15, 0.2) is 103 Å². The van der Waals surface area contributed by atoms with Crippen molar-refractivity contribution in [2.45, 2.75) is 44.8 Å². The molecule has 1 heterocycles. The first kappa shape index (κ1) is 36.7. The first-order valence-corrected chi connectivity index (χ1v) is 17.2. The van der Waals surface area contributed by atoms with Gasteiger partial charge in [0.15, 0.2) is 11.5 Å². The number of ether oxygens (including phenoxy) is 3. The average Bonchev–Trinajstić information content (AvgIpc) is 3.13. The van der Waals surface area contributed by atoms with Gasteiger partial charge in [0.25, 0.3) is 5.91 Å². The number of halogens is 1. The highest BCUT2D eigenvalue weighted by Crippen LogP contribution is 2.32. The molecule has 266 valence electrons. The van der Waals surface area contributed by atoms with Gasteiger partial charge in [-0.15, -0.1) is 0 Å². The van der Waals surface area contributed by atoms with E-state index >= 15 is 0 Å². The van der Waals surface area contributed by atoms with Crippen LogP contribution in [-0.2, 0) is 20.8 Å².